The topological polar surface area (TPSA) is 205 Å². The zero-order chi connectivity index (χ0) is 29.3. The van der Waals surface area contributed by atoms with Gasteiger partial charge < -0.3 is 36.4 Å². The number of H-pyrrole nitrogens is 1. The number of phenolic OH excluding ortho intramolecular Hbond substituents is 1. The monoisotopic (exact) mass is 552 g/mol. The summed E-state index contributed by atoms with van der Waals surface area (Å²) in [6.07, 6.45) is 1.88. The minimum Gasteiger partial charge on any atom is -0.510 e. The Balaban J connectivity index is 1.67. The zero-order valence-corrected chi connectivity index (χ0v) is 22.5. The number of ketones is 2. The SMILES string of the molecule is CN(C)c1cc(NCc2cc[nH]n2)c(O)c2c1C[C@H]1C[C@H]3C(N(C)C)C(O)=C(C(N)=O)C(=O)[C@@]3(O)C(O)=C1C2=O. The van der Waals surface area contributed by atoms with Crippen molar-refractivity contribution in [3.8, 4) is 5.75 Å². The van der Waals surface area contributed by atoms with E-state index in [1.807, 2.05) is 0 Å². The molecule has 8 N–H and O–H groups in total. The van der Waals surface area contributed by atoms with Gasteiger partial charge in [0.2, 0.25) is 5.78 Å². The van der Waals surface area contributed by atoms with Crippen LogP contribution >= 0.6 is 0 Å². The number of anilines is 2. The van der Waals surface area contributed by atoms with Crippen molar-refractivity contribution >= 4 is 28.8 Å². The molecular formula is C27H32N6O7. The molecule has 0 spiro atoms. The van der Waals surface area contributed by atoms with Crippen LogP contribution in [0.15, 0.2) is 41.0 Å². The second kappa shape index (κ2) is 9.38. The summed E-state index contributed by atoms with van der Waals surface area (Å²) >= 11 is 0. The van der Waals surface area contributed by atoms with Crippen LogP contribution in [-0.4, -0.2) is 92.8 Å². The number of carbonyl (C=O) groups is 3. The van der Waals surface area contributed by atoms with Crippen molar-refractivity contribution in [3.63, 3.8) is 0 Å². The molecule has 0 radical (unpaired) electrons. The van der Waals surface area contributed by atoms with Crippen LogP contribution in [-0.2, 0) is 22.6 Å². The normalized spacial score (nSPS) is 26.0. The molecular weight excluding hydrogens is 520 g/mol. The van der Waals surface area contributed by atoms with Crippen molar-refractivity contribution in [2.24, 2.45) is 17.6 Å². The third kappa shape index (κ3) is 3.76. The number of Topliss-reactive ketones (excluding diaryl/α,β-unsaturated/α-hetero) is 2. The number of rotatable bonds is 6. The van der Waals surface area contributed by atoms with Gasteiger partial charge in [-0.25, -0.2) is 0 Å². The molecule has 0 bridgehead atoms. The molecule has 1 aromatic heterocycles. The number of aromatic nitrogens is 2. The van der Waals surface area contributed by atoms with Gasteiger partial charge in [0, 0.05) is 37.5 Å². The van der Waals surface area contributed by atoms with Gasteiger partial charge in [0.1, 0.15) is 22.8 Å². The number of aromatic amines is 1. The maximum Gasteiger partial charge on any atom is 0.255 e. The van der Waals surface area contributed by atoms with E-state index in [1.54, 1.807) is 51.4 Å². The van der Waals surface area contributed by atoms with Gasteiger partial charge in [-0.05, 0) is 50.6 Å². The number of nitrogens with zero attached hydrogens (tertiary/aromatic N) is 3. The zero-order valence-electron chi connectivity index (χ0n) is 22.5. The molecule has 1 heterocycles. The quantitative estimate of drug-likeness (QED) is 0.194. The summed E-state index contributed by atoms with van der Waals surface area (Å²) in [4.78, 5) is 42.9. The highest BCUT2D eigenvalue weighted by atomic mass is 16.3. The van der Waals surface area contributed by atoms with E-state index in [9.17, 15) is 34.8 Å². The fourth-order valence-electron chi connectivity index (χ4n) is 6.41. The van der Waals surface area contributed by atoms with Gasteiger partial charge in [-0.1, -0.05) is 0 Å². The lowest BCUT2D eigenvalue weighted by molar-refractivity contribution is -0.148. The van der Waals surface area contributed by atoms with E-state index >= 15 is 0 Å². The number of allylic oxidation sites excluding steroid dienone is 1. The lowest BCUT2D eigenvalue weighted by Gasteiger charge is -2.50. The first-order valence-electron chi connectivity index (χ1n) is 12.7. The number of hydrogen-bond acceptors (Lipinski definition) is 11. The van der Waals surface area contributed by atoms with E-state index in [0.717, 1.165) is 0 Å². The number of aromatic hydroxyl groups is 1. The number of benzene rings is 1. The Kier molecular flexibility index (Phi) is 6.38. The van der Waals surface area contributed by atoms with Crippen LogP contribution in [0.1, 0.15) is 28.0 Å². The van der Waals surface area contributed by atoms with Crippen LogP contribution in [0.2, 0.25) is 0 Å². The van der Waals surface area contributed by atoms with Crippen molar-refractivity contribution in [2.75, 3.05) is 38.4 Å². The molecule has 4 atom stereocenters. The van der Waals surface area contributed by atoms with Crippen LogP contribution in [0, 0.1) is 11.8 Å². The summed E-state index contributed by atoms with van der Waals surface area (Å²) in [5.74, 6) is -6.84. The van der Waals surface area contributed by atoms with Gasteiger partial charge in [0.15, 0.2) is 11.4 Å². The number of nitrogens with two attached hydrogens (primary N) is 1. The Labute approximate surface area is 229 Å². The molecule has 5 rings (SSSR count). The van der Waals surface area contributed by atoms with Gasteiger partial charge in [-0.2, -0.15) is 5.10 Å². The Morgan fingerprint density at radius 3 is 2.50 bits per heavy atom. The maximum absolute atomic E-state index is 14.0. The van der Waals surface area contributed by atoms with Crippen LogP contribution < -0.4 is 16.0 Å². The van der Waals surface area contributed by atoms with Gasteiger partial charge in [0.05, 0.1) is 29.5 Å². The largest absolute Gasteiger partial charge is 0.510 e. The number of hydrogen-bond donors (Lipinski definition) is 7. The third-order valence-electron chi connectivity index (χ3n) is 8.20. The predicted molar refractivity (Wildman–Crippen MR) is 144 cm³/mol. The third-order valence-corrected chi connectivity index (χ3v) is 8.20. The minimum atomic E-state index is -2.68. The van der Waals surface area contributed by atoms with Crippen LogP contribution in [0.3, 0.4) is 0 Å². The molecule has 2 aromatic rings. The molecule has 1 aromatic carbocycles. The number of likely N-dealkylation sites (N-methyl/N-ethyl adjacent to an activating group) is 1. The predicted octanol–water partition coefficient (Wildman–Crippen LogP) is 0.522. The van der Waals surface area contributed by atoms with Gasteiger partial charge in [0.25, 0.3) is 5.91 Å². The highest BCUT2D eigenvalue weighted by Gasteiger charge is 2.63. The number of fused-ring (bicyclic) bond motifs is 3. The second-order valence-electron chi connectivity index (χ2n) is 10.9. The summed E-state index contributed by atoms with van der Waals surface area (Å²) in [6, 6.07) is 2.44. The average Bonchev–Trinajstić information content (AvgIpc) is 3.39. The number of aliphatic hydroxyl groups excluding tert-OH is 2. The Morgan fingerprint density at radius 1 is 1.23 bits per heavy atom. The molecule has 3 aliphatic carbocycles. The molecule has 13 heteroatoms. The van der Waals surface area contributed by atoms with E-state index in [1.165, 1.54) is 4.90 Å². The summed E-state index contributed by atoms with van der Waals surface area (Å²) < 4.78 is 0. The van der Waals surface area contributed by atoms with Gasteiger partial charge in [-0.15, -0.1) is 0 Å². The van der Waals surface area contributed by atoms with Crippen molar-refractivity contribution in [1.82, 2.24) is 15.1 Å². The number of amides is 1. The fraction of sp³-hybridized carbons (Fsp3) is 0.407. The van der Waals surface area contributed by atoms with Crippen molar-refractivity contribution in [3.05, 3.63) is 57.8 Å². The average molecular weight is 553 g/mol. The highest BCUT2D eigenvalue weighted by molar-refractivity contribution is 6.25. The van der Waals surface area contributed by atoms with Crippen molar-refractivity contribution in [2.45, 2.75) is 31.0 Å². The Bertz CT molecular complexity index is 1490. The second-order valence-corrected chi connectivity index (χ2v) is 10.9. The Hall–Kier alpha value is -4.36. The lowest BCUT2D eigenvalue weighted by atomic mass is 9.58. The molecule has 0 fully saturated rings. The molecule has 212 valence electrons. The van der Waals surface area contributed by atoms with E-state index in [0.29, 0.717) is 16.9 Å². The van der Waals surface area contributed by atoms with Crippen molar-refractivity contribution < 1.29 is 34.8 Å². The number of carbonyl (C=O) groups excluding carboxylic acids is 3. The first-order chi connectivity index (χ1) is 18.8. The smallest absolute Gasteiger partial charge is 0.255 e. The van der Waals surface area contributed by atoms with Crippen LogP contribution in [0.4, 0.5) is 11.4 Å². The molecule has 3 aliphatic rings. The molecule has 1 unspecified atom stereocenters. The molecule has 0 aliphatic heterocycles. The molecule has 1 amide bonds. The number of primary amides is 1. The van der Waals surface area contributed by atoms with Gasteiger partial charge >= 0.3 is 0 Å². The first-order valence-corrected chi connectivity index (χ1v) is 12.7. The van der Waals surface area contributed by atoms with E-state index in [4.69, 9.17) is 5.73 Å². The number of phenols is 1. The van der Waals surface area contributed by atoms with Crippen LogP contribution in [0.25, 0.3) is 0 Å². The molecule has 40 heavy (non-hydrogen) atoms. The van der Waals surface area contributed by atoms with E-state index in [-0.39, 0.29) is 42.0 Å². The Morgan fingerprint density at radius 2 is 1.93 bits per heavy atom. The molecule has 0 saturated carbocycles. The minimum absolute atomic E-state index is 0.0263. The standard InChI is InChI=1S/C27H32N6O7/c1-32(2)16-9-15(29-10-12-5-6-30-31-12)21(34)18-13(16)7-11-8-14-20(33(3)4)23(36)19(26(28)39)25(38)27(14,40)24(37)17(11)22(18)35/h5-6,9,11,14,20,29,34,36-37,40H,7-8,10H2,1-4H3,(H2,28,39)(H,30,31)/t11-,14-,20?,27-/m0/s1. The maximum atomic E-state index is 14.0. The van der Waals surface area contributed by atoms with Gasteiger partial charge in [-0.3, -0.25) is 24.4 Å². The number of aliphatic hydroxyl groups is 3. The van der Waals surface area contributed by atoms with Crippen molar-refractivity contribution in [1.29, 1.82) is 0 Å². The fourth-order valence-corrected chi connectivity index (χ4v) is 6.41. The highest BCUT2D eigenvalue weighted by Crippen LogP contribution is 2.53. The summed E-state index contributed by atoms with van der Waals surface area (Å²) in [5, 5.41) is 55.2. The first kappa shape index (κ1) is 27.2. The molecule has 0 saturated heterocycles. The van der Waals surface area contributed by atoms with E-state index < -0.39 is 58.0 Å². The summed E-state index contributed by atoms with van der Waals surface area (Å²) in [7, 11) is 6.78. The van der Waals surface area contributed by atoms with E-state index in [2.05, 4.69) is 15.5 Å². The molecule has 13 nitrogen and oxygen atoms in total. The summed E-state index contributed by atoms with van der Waals surface area (Å²) in [5.41, 5.74) is 3.74. The number of nitrogens with one attached hydrogen (secondary N) is 2. The summed E-state index contributed by atoms with van der Waals surface area (Å²) in [6.45, 7) is 0.251. The van der Waals surface area contributed by atoms with Crippen LogP contribution in [0.5, 0.6) is 5.75 Å². The lowest BCUT2D eigenvalue weighted by Crippen LogP contribution is -2.63.